The van der Waals surface area contributed by atoms with E-state index >= 15 is 0 Å². The van der Waals surface area contributed by atoms with Crippen molar-refractivity contribution < 1.29 is 13.2 Å². The lowest BCUT2D eigenvalue weighted by atomic mass is 10.1. The van der Waals surface area contributed by atoms with Crippen LogP contribution in [0.4, 0.5) is 18.9 Å². The van der Waals surface area contributed by atoms with Crippen LogP contribution in [-0.4, -0.2) is 26.3 Å². The fourth-order valence-corrected chi connectivity index (χ4v) is 1.80. The van der Waals surface area contributed by atoms with E-state index in [1.165, 1.54) is 5.56 Å². The van der Waals surface area contributed by atoms with Gasteiger partial charge in [-0.15, -0.1) is 0 Å². The summed E-state index contributed by atoms with van der Waals surface area (Å²) in [5, 5.41) is 3.24. The molecule has 0 aromatic heterocycles. The van der Waals surface area contributed by atoms with Gasteiger partial charge in [-0.25, -0.2) is 0 Å². The van der Waals surface area contributed by atoms with Gasteiger partial charge >= 0.3 is 6.18 Å². The van der Waals surface area contributed by atoms with Crippen LogP contribution in [0.2, 0.25) is 0 Å². The van der Waals surface area contributed by atoms with E-state index in [1.54, 1.807) is 11.9 Å². The molecule has 1 rings (SSSR count). The van der Waals surface area contributed by atoms with Crippen molar-refractivity contribution >= 4 is 5.69 Å². The van der Waals surface area contributed by atoms with Crippen LogP contribution >= 0.6 is 0 Å². The van der Waals surface area contributed by atoms with Gasteiger partial charge in [0, 0.05) is 25.8 Å². The quantitative estimate of drug-likeness (QED) is 0.854. The number of nitrogens with zero attached hydrogens (tertiary/aromatic N) is 1. The molecular formula is C14H21F3N2. The molecule has 0 unspecified atom stereocenters. The van der Waals surface area contributed by atoms with Crippen molar-refractivity contribution in [3.8, 4) is 0 Å². The molecule has 0 atom stereocenters. The Hall–Kier alpha value is -1.23. The van der Waals surface area contributed by atoms with Crippen LogP contribution in [0.25, 0.3) is 0 Å². The Morgan fingerprint density at radius 3 is 2.47 bits per heavy atom. The van der Waals surface area contributed by atoms with Crippen molar-refractivity contribution in [2.75, 3.05) is 25.0 Å². The number of hydrogen-bond acceptors (Lipinski definition) is 2. The summed E-state index contributed by atoms with van der Waals surface area (Å²) in [7, 11) is 1.68. The zero-order chi connectivity index (χ0) is 14.5. The smallest absolute Gasteiger partial charge is 0.374 e. The second kappa shape index (κ2) is 6.80. The number of anilines is 1. The average molecular weight is 274 g/mol. The lowest BCUT2D eigenvalue weighted by Crippen LogP contribution is -2.24. The lowest BCUT2D eigenvalue weighted by Gasteiger charge is -2.21. The molecule has 0 saturated heterocycles. The highest BCUT2D eigenvalue weighted by atomic mass is 19.4. The van der Waals surface area contributed by atoms with Gasteiger partial charge in [-0.05, 0) is 36.7 Å². The number of aryl methyl sites for hydroxylation is 1. The number of benzene rings is 1. The van der Waals surface area contributed by atoms with Crippen LogP contribution in [0.1, 0.15) is 24.5 Å². The Bertz CT molecular complexity index is 402. The van der Waals surface area contributed by atoms with Gasteiger partial charge in [-0.3, -0.25) is 0 Å². The minimum Gasteiger partial charge on any atom is -0.374 e. The van der Waals surface area contributed by atoms with Gasteiger partial charge in [0.25, 0.3) is 0 Å². The standard InChI is InChI=1S/C14H21F3N2/c1-4-18-10-12-5-6-13(9-11(12)2)19(3)8-7-14(15,16)17/h5-6,9,18H,4,7-8,10H2,1-3H3. The van der Waals surface area contributed by atoms with Crippen LogP contribution in [0.5, 0.6) is 0 Å². The molecule has 19 heavy (non-hydrogen) atoms. The van der Waals surface area contributed by atoms with Crippen molar-refractivity contribution in [3.05, 3.63) is 29.3 Å². The molecule has 1 N–H and O–H groups in total. The van der Waals surface area contributed by atoms with E-state index in [4.69, 9.17) is 0 Å². The highest BCUT2D eigenvalue weighted by molar-refractivity contribution is 5.50. The van der Waals surface area contributed by atoms with Gasteiger partial charge in [0.2, 0.25) is 0 Å². The van der Waals surface area contributed by atoms with Crippen LogP contribution in [-0.2, 0) is 6.54 Å². The monoisotopic (exact) mass is 274 g/mol. The van der Waals surface area contributed by atoms with E-state index in [0.29, 0.717) is 0 Å². The zero-order valence-corrected chi connectivity index (χ0v) is 11.6. The van der Waals surface area contributed by atoms with Crippen molar-refractivity contribution in [2.24, 2.45) is 0 Å². The summed E-state index contributed by atoms with van der Waals surface area (Å²) in [5.74, 6) is 0. The maximum absolute atomic E-state index is 12.2. The maximum Gasteiger partial charge on any atom is 0.390 e. The summed E-state index contributed by atoms with van der Waals surface area (Å²) in [6.45, 7) is 5.68. The Kier molecular flexibility index (Phi) is 5.66. The third kappa shape index (κ3) is 5.51. The van der Waals surface area contributed by atoms with E-state index in [-0.39, 0.29) is 6.54 Å². The van der Waals surface area contributed by atoms with Crippen molar-refractivity contribution in [2.45, 2.75) is 33.0 Å². The van der Waals surface area contributed by atoms with Gasteiger partial charge in [0.15, 0.2) is 0 Å². The molecule has 0 aliphatic carbocycles. The zero-order valence-electron chi connectivity index (χ0n) is 11.6. The van der Waals surface area contributed by atoms with Crippen molar-refractivity contribution in [3.63, 3.8) is 0 Å². The fraction of sp³-hybridized carbons (Fsp3) is 0.571. The van der Waals surface area contributed by atoms with Crippen LogP contribution in [0, 0.1) is 6.92 Å². The van der Waals surface area contributed by atoms with Crippen LogP contribution in [0.15, 0.2) is 18.2 Å². The Morgan fingerprint density at radius 1 is 1.26 bits per heavy atom. The predicted molar refractivity (Wildman–Crippen MR) is 72.5 cm³/mol. The van der Waals surface area contributed by atoms with Gasteiger partial charge in [0.1, 0.15) is 0 Å². The summed E-state index contributed by atoms with van der Waals surface area (Å²) in [5.41, 5.74) is 3.09. The summed E-state index contributed by atoms with van der Waals surface area (Å²) in [6, 6.07) is 5.77. The number of halogens is 3. The van der Waals surface area contributed by atoms with E-state index in [9.17, 15) is 13.2 Å². The molecule has 5 heteroatoms. The number of rotatable bonds is 6. The van der Waals surface area contributed by atoms with Crippen LogP contribution < -0.4 is 10.2 Å². The minimum atomic E-state index is -4.10. The van der Waals surface area contributed by atoms with Gasteiger partial charge < -0.3 is 10.2 Å². The van der Waals surface area contributed by atoms with E-state index in [1.807, 2.05) is 32.0 Å². The Labute approximate surface area is 112 Å². The number of nitrogens with one attached hydrogen (secondary N) is 1. The number of hydrogen-bond donors (Lipinski definition) is 1. The molecule has 0 bridgehead atoms. The first-order valence-corrected chi connectivity index (χ1v) is 6.41. The highest BCUT2D eigenvalue weighted by Crippen LogP contribution is 2.23. The Morgan fingerprint density at radius 2 is 1.95 bits per heavy atom. The molecule has 0 saturated carbocycles. The molecular weight excluding hydrogens is 253 g/mol. The molecule has 0 fully saturated rings. The minimum absolute atomic E-state index is 0.0184. The molecule has 0 radical (unpaired) electrons. The van der Waals surface area contributed by atoms with E-state index in [2.05, 4.69) is 5.32 Å². The molecule has 0 aliphatic heterocycles. The molecule has 2 nitrogen and oxygen atoms in total. The second-order valence-electron chi connectivity index (χ2n) is 4.68. The van der Waals surface area contributed by atoms with E-state index in [0.717, 1.165) is 24.3 Å². The summed E-state index contributed by atoms with van der Waals surface area (Å²) >= 11 is 0. The first-order valence-electron chi connectivity index (χ1n) is 6.41. The topological polar surface area (TPSA) is 15.3 Å². The highest BCUT2D eigenvalue weighted by Gasteiger charge is 2.27. The molecule has 0 spiro atoms. The molecule has 1 aromatic carbocycles. The third-order valence-corrected chi connectivity index (χ3v) is 3.06. The van der Waals surface area contributed by atoms with E-state index < -0.39 is 12.6 Å². The lowest BCUT2D eigenvalue weighted by molar-refractivity contribution is -0.132. The predicted octanol–water partition coefficient (Wildman–Crippen LogP) is 3.49. The molecule has 0 amide bonds. The summed E-state index contributed by atoms with van der Waals surface area (Å²) < 4.78 is 36.5. The third-order valence-electron chi connectivity index (χ3n) is 3.06. The molecule has 1 aromatic rings. The van der Waals surface area contributed by atoms with Crippen LogP contribution in [0.3, 0.4) is 0 Å². The largest absolute Gasteiger partial charge is 0.390 e. The second-order valence-corrected chi connectivity index (χ2v) is 4.68. The SMILES string of the molecule is CCNCc1ccc(N(C)CCC(F)(F)F)cc1C. The maximum atomic E-state index is 12.2. The average Bonchev–Trinajstić information content (AvgIpc) is 2.33. The normalized spacial score (nSPS) is 11.7. The van der Waals surface area contributed by atoms with Crippen molar-refractivity contribution in [1.82, 2.24) is 5.32 Å². The number of alkyl halides is 3. The van der Waals surface area contributed by atoms with Crippen molar-refractivity contribution in [1.29, 1.82) is 0 Å². The Balaban J connectivity index is 2.66. The molecule has 108 valence electrons. The first kappa shape index (κ1) is 15.8. The molecule has 0 aliphatic rings. The summed E-state index contributed by atoms with van der Waals surface area (Å²) in [6.07, 6.45) is -4.89. The molecule has 0 heterocycles. The fourth-order valence-electron chi connectivity index (χ4n) is 1.80. The first-order chi connectivity index (χ1) is 8.83. The van der Waals surface area contributed by atoms with Gasteiger partial charge in [-0.1, -0.05) is 13.0 Å². The van der Waals surface area contributed by atoms with Gasteiger partial charge in [0.05, 0.1) is 6.42 Å². The summed E-state index contributed by atoms with van der Waals surface area (Å²) in [4.78, 5) is 1.64. The van der Waals surface area contributed by atoms with Gasteiger partial charge in [-0.2, -0.15) is 13.2 Å².